The fourth-order valence-electron chi connectivity index (χ4n) is 0.515. The van der Waals surface area contributed by atoms with Crippen molar-refractivity contribution in [2.45, 2.75) is 12.2 Å². The van der Waals surface area contributed by atoms with Crippen molar-refractivity contribution in [3.8, 4) is 0 Å². The Labute approximate surface area is 84.7 Å². The second-order valence-corrected chi connectivity index (χ2v) is 4.32. The molecule has 0 aliphatic carbocycles. The predicted molar refractivity (Wildman–Crippen MR) is 58.3 cm³/mol. The second-order valence-electron chi connectivity index (χ2n) is 1.82. The van der Waals surface area contributed by atoms with Crippen LogP contribution in [-0.4, -0.2) is 23.3 Å². The Morgan fingerprint density at radius 3 is 2.90 bits per heavy atom. The van der Waals surface area contributed by atoms with Gasteiger partial charge in [0, 0.05) is 11.8 Å². The first kappa shape index (κ1) is 11.0. The SMILES string of the molecule is CNCC(C)SC(Cl)=NI. The van der Waals surface area contributed by atoms with Gasteiger partial charge < -0.3 is 5.32 Å². The quantitative estimate of drug-likeness (QED) is 0.490. The van der Waals surface area contributed by atoms with Gasteiger partial charge in [0.05, 0.1) is 22.9 Å². The summed E-state index contributed by atoms with van der Waals surface area (Å²) in [5, 5.41) is 3.54. The zero-order chi connectivity index (χ0) is 7.98. The van der Waals surface area contributed by atoms with Crippen LogP contribution >= 0.6 is 46.2 Å². The third kappa shape index (κ3) is 5.76. The van der Waals surface area contributed by atoms with Gasteiger partial charge >= 0.3 is 0 Å². The Morgan fingerprint density at radius 1 is 1.90 bits per heavy atom. The molecule has 0 heterocycles. The van der Waals surface area contributed by atoms with Crippen molar-refractivity contribution in [1.82, 2.24) is 5.32 Å². The summed E-state index contributed by atoms with van der Waals surface area (Å²) < 4.78 is 4.41. The van der Waals surface area contributed by atoms with E-state index in [0.29, 0.717) is 9.75 Å². The van der Waals surface area contributed by atoms with Crippen LogP contribution in [0.4, 0.5) is 0 Å². The van der Waals surface area contributed by atoms with Crippen molar-refractivity contribution in [3.63, 3.8) is 0 Å². The second kappa shape index (κ2) is 6.69. The third-order valence-electron chi connectivity index (χ3n) is 0.856. The topological polar surface area (TPSA) is 24.4 Å². The lowest BCUT2D eigenvalue weighted by Gasteiger charge is -2.06. The highest BCUT2D eigenvalue weighted by Crippen LogP contribution is 2.16. The van der Waals surface area contributed by atoms with Crippen LogP contribution in [-0.2, 0) is 0 Å². The van der Waals surface area contributed by atoms with E-state index in [4.69, 9.17) is 11.6 Å². The first-order valence-electron chi connectivity index (χ1n) is 2.86. The fourth-order valence-corrected chi connectivity index (χ4v) is 1.93. The Bertz CT molecular complexity index is 120. The lowest BCUT2D eigenvalue weighted by Crippen LogP contribution is -2.18. The molecule has 0 aromatic carbocycles. The Hall–Kier alpha value is 1.00. The minimum absolute atomic E-state index is 0.482. The fraction of sp³-hybridized carbons (Fsp3) is 0.800. The van der Waals surface area contributed by atoms with E-state index in [2.05, 4.69) is 15.4 Å². The average Bonchev–Trinajstić information content (AvgIpc) is 1.88. The molecule has 1 atom stereocenters. The van der Waals surface area contributed by atoms with Gasteiger partial charge in [-0.25, -0.2) is 0 Å². The predicted octanol–water partition coefficient (Wildman–Crippen LogP) is 2.27. The van der Waals surface area contributed by atoms with Crippen molar-refractivity contribution in [2.24, 2.45) is 3.21 Å². The summed E-state index contributed by atoms with van der Waals surface area (Å²) in [6.07, 6.45) is 0. The highest BCUT2D eigenvalue weighted by molar-refractivity contribution is 14.1. The van der Waals surface area contributed by atoms with Crippen molar-refractivity contribution >= 4 is 50.7 Å². The van der Waals surface area contributed by atoms with E-state index in [0.717, 1.165) is 6.54 Å². The minimum Gasteiger partial charge on any atom is -0.319 e. The van der Waals surface area contributed by atoms with E-state index in [9.17, 15) is 0 Å². The molecule has 0 amide bonds. The van der Waals surface area contributed by atoms with Crippen molar-refractivity contribution in [3.05, 3.63) is 0 Å². The summed E-state index contributed by atoms with van der Waals surface area (Å²) in [5.41, 5.74) is 0. The summed E-state index contributed by atoms with van der Waals surface area (Å²) in [6, 6.07) is 0. The monoisotopic (exact) mass is 292 g/mol. The summed E-state index contributed by atoms with van der Waals surface area (Å²) in [6.45, 7) is 3.05. The molecule has 10 heavy (non-hydrogen) atoms. The normalized spacial score (nSPS) is 15.4. The number of hydrogen-bond acceptors (Lipinski definition) is 3. The van der Waals surface area contributed by atoms with Crippen LogP contribution in [0.1, 0.15) is 6.92 Å². The zero-order valence-electron chi connectivity index (χ0n) is 5.90. The highest BCUT2D eigenvalue weighted by atomic mass is 127. The van der Waals surface area contributed by atoms with Gasteiger partial charge in [0.2, 0.25) is 0 Å². The molecule has 0 aliphatic rings. The number of nitrogens with zero attached hydrogens (tertiary/aromatic N) is 1. The first-order valence-corrected chi connectivity index (χ1v) is 5.08. The number of rotatable bonds is 3. The van der Waals surface area contributed by atoms with Gasteiger partial charge in [0.25, 0.3) is 0 Å². The molecule has 0 radical (unpaired) electrons. The largest absolute Gasteiger partial charge is 0.319 e. The molecule has 60 valence electrons. The van der Waals surface area contributed by atoms with E-state index >= 15 is 0 Å². The molecule has 0 bridgehead atoms. The molecule has 0 saturated carbocycles. The standard InChI is InChI=1S/C5H10ClIN2S/c1-4(3-8-2)10-5(6)9-7/h4,8H,3H2,1-2H3. The van der Waals surface area contributed by atoms with Gasteiger partial charge in [-0.2, -0.15) is 3.21 Å². The maximum atomic E-state index is 5.67. The van der Waals surface area contributed by atoms with E-state index in [1.165, 1.54) is 0 Å². The van der Waals surface area contributed by atoms with Crippen molar-refractivity contribution < 1.29 is 0 Å². The molecule has 1 N–H and O–H groups in total. The summed E-state index contributed by atoms with van der Waals surface area (Å²) >= 11 is 9.13. The van der Waals surface area contributed by atoms with E-state index in [1.807, 2.05) is 29.9 Å². The Balaban J connectivity index is 3.47. The lowest BCUT2D eigenvalue weighted by molar-refractivity contribution is 0.787. The van der Waals surface area contributed by atoms with Crippen LogP contribution in [0, 0.1) is 0 Å². The molecule has 0 saturated heterocycles. The zero-order valence-corrected chi connectivity index (χ0v) is 9.63. The first-order chi connectivity index (χ1) is 4.70. The third-order valence-corrected chi connectivity index (χ3v) is 3.16. The maximum Gasteiger partial charge on any atom is 0.169 e. The molecule has 2 nitrogen and oxygen atoms in total. The molecule has 0 fully saturated rings. The van der Waals surface area contributed by atoms with Gasteiger partial charge in [-0.15, -0.1) is 0 Å². The molecule has 5 heteroatoms. The van der Waals surface area contributed by atoms with Crippen molar-refractivity contribution in [2.75, 3.05) is 13.6 Å². The molecule has 0 rings (SSSR count). The van der Waals surface area contributed by atoms with Crippen molar-refractivity contribution in [1.29, 1.82) is 0 Å². The molecule has 0 aromatic heterocycles. The number of hydrogen-bond donors (Lipinski definition) is 1. The average molecular weight is 293 g/mol. The minimum atomic E-state index is 0.482. The smallest absolute Gasteiger partial charge is 0.169 e. The van der Waals surface area contributed by atoms with Crippen LogP contribution in [0.15, 0.2) is 3.21 Å². The summed E-state index contributed by atoms with van der Waals surface area (Å²) in [7, 11) is 1.92. The molecular weight excluding hydrogens is 282 g/mol. The van der Waals surface area contributed by atoms with Crippen LogP contribution < -0.4 is 5.32 Å². The van der Waals surface area contributed by atoms with Gasteiger partial charge in [-0.3, -0.25) is 0 Å². The van der Waals surface area contributed by atoms with Crippen LogP contribution in [0.5, 0.6) is 0 Å². The summed E-state index contributed by atoms with van der Waals surface area (Å²) in [4.78, 5) is 0. The van der Waals surface area contributed by atoms with E-state index in [1.54, 1.807) is 11.8 Å². The molecule has 0 aromatic rings. The van der Waals surface area contributed by atoms with Crippen LogP contribution in [0.25, 0.3) is 0 Å². The van der Waals surface area contributed by atoms with Gasteiger partial charge in [-0.05, 0) is 7.05 Å². The van der Waals surface area contributed by atoms with E-state index < -0.39 is 0 Å². The Kier molecular flexibility index (Phi) is 7.36. The van der Waals surface area contributed by atoms with Gasteiger partial charge in [0.1, 0.15) is 0 Å². The molecular formula is C5H10ClIN2S. The van der Waals surface area contributed by atoms with Gasteiger partial charge in [0.15, 0.2) is 4.50 Å². The van der Waals surface area contributed by atoms with Crippen LogP contribution in [0.2, 0.25) is 0 Å². The number of halogens is 2. The van der Waals surface area contributed by atoms with E-state index in [-0.39, 0.29) is 0 Å². The molecule has 0 spiro atoms. The molecule has 1 unspecified atom stereocenters. The van der Waals surface area contributed by atoms with Crippen LogP contribution in [0.3, 0.4) is 0 Å². The lowest BCUT2D eigenvalue weighted by atomic mass is 10.5. The van der Waals surface area contributed by atoms with Gasteiger partial charge in [-0.1, -0.05) is 30.3 Å². The Morgan fingerprint density at radius 2 is 2.50 bits per heavy atom. The number of thioether (sulfide) groups is 1. The highest BCUT2D eigenvalue weighted by Gasteiger charge is 2.03. The summed E-state index contributed by atoms with van der Waals surface area (Å²) in [5.74, 6) is 0. The molecule has 0 aliphatic heterocycles. The maximum absolute atomic E-state index is 5.67. The number of nitrogens with one attached hydrogen (secondary N) is 1.